The Kier molecular flexibility index (Phi) is 4.76. The summed E-state index contributed by atoms with van der Waals surface area (Å²) >= 11 is 12.5. The normalized spacial score (nSPS) is 10.5. The zero-order valence-corrected chi connectivity index (χ0v) is 13.5. The van der Waals surface area contributed by atoms with Crippen LogP contribution in [0.3, 0.4) is 0 Å². The molecule has 0 N–H and O–H groups in total. The number of ketones is 1. The Bertz CT molecular complexity index is 643. The third kappa shape index (κ3) is 3.44. The van der Waals surface area contributed by atoms with E-state index in [1.807, 2.05) is 0 Å². The predicted octanol–water partition coefficient (Wildman–Crippen LogP) is 5.43. The monoisotopic (exact) mass is 404 g/mol. The Morgan fingerprint density at radius 1 is 1.21 bits per heavy atom. The molecule has 0 fully saturated rings. The largest absolute Gasteiger partial charge is 0.294 e. The van der Waals surface area contributed by atoms with Crippen molar-refractivity contribution in [3.8, 4) is 0 Å². The molecule has 0 atom stereocenters. The maximum atomic E-state index is 13.7. The van der Waals surface area contributed by atoms with Gasteiger partial charge in [0.05, 0.1) is 5.02 Å². The Morgan fingerprint density at radius 2 is 1.95 bits per heavy atom. The lowest BCUT2D eigenvalue weighted by atomic mass is 10.0. The van der Waals surface area contributed by atoms with E-state index in [0.29, 0.717) is 25.1 Å². The highest BCUT2D eigenvalue weighted by molar-refractivity contribution is 9.10. The summed E-state index contributed by atoms with van der Waals surface area (Å²) in [5.41, 5.74) is 0.739. The number of carbonyl (C=O) groups excluding carboxylic acids is 1. The van der Waals surface area contributed by atoms with Gasteiger partial charge in [-0.25, -0.2) is 4.39 Å². The van der Waals surface area contributed by atoms with Crippen molar-refractivity contribution in [2.24, 2.45) is 0 Å². The van der Waals surface area contributed by atoms with Gasteiger partial charge in [-0.1, -0.05) is 39.7 Å². The number of benzene rings is 2. The maximum Gasteiger partial charge on any atom is 0.168 e. The van der Waals surface area contributed by atoms with Crippen molar-refractivity contribution in [3.05, 3.63) is 67.3 Å². The second-order valence-electron chi connectivity index (χ2n) is 3.94. The summed E-state index contributed by atoms with van der Waals surface area (Å²) in [6, 6.07) is 9.73. The molecule has 0 heterocycles. The number of rotatable bonds is 3. The molecule has 2 aromatic rings. The average molecular weight is 406 g/mol. The standard InChI is InChI=1S/C14H8Br2ClFO/c15-9-5-4-8(12(18)7-9)6-13(19)10-2-1-3-11(16)14(10)17/h1-5,7H,6H2. The zero-order valence-electron chi connectivity index (χ0n) is 9.59. The molecule has 0 bridgehead atoms. The maximum absolute atomic E-state index is 13.7. The molecule has 0 saturated heterocycles. The van der Waals surface area contributed by atoms with Gasteiger partial charge in [0.1, 0.15) is 5.82 Å². The van der Waals surface area contributed by atoms with Gasteiger partial charge < -0.3 is 0 Å². The van der Waals surface area contributed by atoms with Gasteiger partial charge in [0, 0.05) is 20.9 Å². The van der Waals surface area contributed by atoms with Crippen LogP contribution in [0.5, 0.6) is 0 Å². The van der Waals surface area contributed by atoms with Crippen LogP contribution in [0.1, 0.15) is 15.9 Å². The minimum Gasteiger partial charge on any atom is -0.294 e. The molecule has 0 spiro atoms. The molecular formula is C14H8Br2ClFO. The molecule has 0 amide bonds. The van der Waals surface area contributed by atoms with Crippen LogP contribution < -0.4 is 0 Å². The topological polar surface area (TPSA) is 17.1 Å². The zero-order chi connectivity index (χ0) is 14.0. The van der Waals surface area contributed by atoms with Crippen molar-refractivity contribution in [2.45, 2.75) is 6.42 Å². The molecule has 0 aliphatic carbocycles. The molecule has 5 heteroatoms. The van der Waals surface area contributed by atoms with Gasteiger partial charge in [-0.3, -0.25) is 4.79 Å². The van der Waals surface area contributed by atoms with Gasteiger partial charge in [-0.2, -0.15) is 0 Å². The Labute approximate surface area is 132 Å². The smallest absolute Gasteiger partial charge is 0.168 e. The third-order valence-corrected chi connectivity index (χ3v) is 4.41. The molecule has 2 rings (SSSR count). The quantitative estimate of drug-likeness (QED) is 0.621. The second kappa shape index (κ2) is 6.16. The molecule has 1 nitrogen and oxygen atoms in total. The van der Waals surface area contributed by atoms with E-state index < -0.39 is 5.82 Å². The van der Waals surface area contributed by atoms with E-state index >= 15 is 0 Å². The summed E-state index contributed by atoms with van der Waals surface area (Å²) in [4.78, 5) is 12.1. The SMILES string of the molecule is O=C(Cc1ccc(Br)cc1F)c1cccc(Br)c1Cl. The van der Waals surface area contributed by atoms with Gasteiger partial charge in [0.2, 0.25) is 0 Å². The lowest BCUT2D eigenvalue weighted by molar-refractivity contribution is 0.0992. The third-order valence-electron chi connectivity index (χ3n) is 2.62. The first-order chi connectivity index (χ1) is 8.99. The molecule has 0 aliphatic heterocycles. The Balaban J connectivity index is 2.28. The van der Waals surface area contributed by atoms with Crippen molar-refractivity contribution in [2.75, 3.05) is 0 Å². The highest BCUT2D eigenvalue weighted by Crippen LogP contribution is 2.27. The second-order valence-corrected chi connectivity index (χ2v) is 6.09. The number of carbonyl (C=O) groups is 1. The summed E-state index contributed by atoms with van der Waals surface area (Å²) in [6.07, 6.45) is -0.0186. The molecule has 0 aliphatic rings. The van der Waals surface area contributed by atoms with E-state index in [4.69, 9.17) is 11.6 Å². The minimum atomic E-state index is -0.408. The van der Waals surface area contributed by atoms with Crippen molar-refractivity contribution >= 4 is 49.2 Å². The molecule has 98 valence electrons. The van der Waals surface area contributed by atoms with Crippen LogP contribution >= 0.6 is 43.5 Å². The summed E-state index contributed by atoms with van der Waals surface area (Å²) in [6.45, 7) is 0. The Hall–Kier alpha value is -0.710. The van der Waals surface area contributed by atoms with Gasteiger partial charge in [0.15, 0.2) is 5.78 Å². The molecular weight excluding hydrogens is 398 g/mol. The first-order valence-corrected chi connectivity index (χ1v) is 7.36. The fraction of sp³-hybridized carbons (Fsp3) is 0.0714. The number of hydrogen-bond donors (Lipinski definition) is 0. The summed E-state index contributed by atoms with van der Waals surface area (Å²) < 4.78 is 15.0. The van der Waals surface area contributed by atoms with Crippen LogP contribution in [0, 0.1) is 5.82 Å². The fourth-order valence-corrected chi connectivity index (χ4v) is 2.58. The van der Waals surface area contributed by atoms with Crippen LogP contribution in [0.25, 0.3) is 0 Å². The van der Waals surface area contributed by atoms with E-state index in [2.05, 4.69) is 31.9 Å². The van der Waals surface area contributed by atoms with Gasteiger partial charge in [-0.05, 0) is 45.8 Å². The van der Waals surface area contributed by atoms with Gasteiger partial charge in [-0.15, -0.1) is 0 Å². The van der Waals surface area contributed by atoms with Gasteiger partial charge >= 0.3 is 0 Å². The Morgan fingerprint density at radius 3 is 2.63 bits per heavy atom. The van der Waals surface area contributed by atoms with Crippen LogP contribution in [0.2, 0.25) is 5.02 Å². The molecule has 19 heavy (non-hydrogen) atoms. The van der Waals surface area contributed by atoms with Crippen LogP contribution in [-0.4, -0.2) is 5.78 Å². The summed E-state index contributed by atoms with van der Waals surface area (Å²) in [5.74, 6) is -0.624. The van der Waals surface area contributed by atoms with Crippen molar-refractivity contribution < 1.29 is 9.18 Å². The van der Waals surface area contributed by atoms with E-state index in [9.17, 15) is 9.18 Å². The highest BCUT2D eigenvalue weighted by Gasteiger charge is 2.15. The summed E-state index contributed by atoms with van der Waals surface area (Å²) in [7, 11) is 0. The number of halogens is 4. The van der Waals surface area contributed by atoms with Gasteiger partial charge in [0.25, 0.3) is 0 Å². The molecule has 0 aromatic heterocycles. The average Bonchev–Trinajstić information content (AvgIpc) is 2.36. The molecule has 0 unspecified atom stereocenters. The molecule has 0 radical (unpaired) electrons. The lowest BCUT2D eigenvalue weighted by Crippen LogP contribution is -2.06. The van der Waals surface area contributed by atoms with E-state index in [-0.39, 0.29) is 12.2 Å². The summed E-state index contributed by atoms with van der Waals surface area (Å²) in [5, 5.41) is 0.352. The fourth-order valence-electron chi connectivity index (χ4n) is 1.65. The van der Waals surface area contributed by atoms with Crippen LogP contribution in [0.4, 0.5) is 4.39 Å². The highest BCUT2D eigenvalue weighted by atomic mass is 79.9. The first-order valence-electron chi connectivity index (χ1n) is 5.40. The minimum absolute atomic E-state index is 0.0186. The van der Waals surface area contributed by atoms with Crippen molar-refractivity contribution in [3.63, 3.8) is 0 Å². The molecule has 2 aromatic carbocycles. The predicted molar refractivity (Wildman–Crippen MR) is 81.3 cm³/mol. The number of hydrogen-bond acceptors (Lipinski definition) is 1. The number of Topliss-reactive ketones (excluding diaryl/α,β-unsaturated/α-hetero) is 1. The van der Waals surface area contributed by atoms with E-state index in [0.717, 1.165) is 0 Å². The van der Waals surface area contributed by atoms with E-state index in [1.165, 1.54) is 6.07 Å². The van der Waals surface area contributed by atoms with E-state index in [1.54, 1.807) is 30.3 Å². The van der Waals surface area contributed by atoms with Crippen LogP contribution in [-0.2, 0) is 6.42 Å². The van der Waals surface area contributed by atoms with Crippen molar-refractivity contribution in [1.82, 2.24) is 0 Å². The molecule has 0 saturated carbocycles. The van der Waals surface area contributed by atoms with Crippen molar-refractivity contribution in [1.29, 1.82) is 0 Å². The van der Waals surface area contributed by atoms with Crippen LogP contribution in [0.15, 0.2) is 45.3 Å². The lowest BCUT2D eigenvalue weighted by Gasteiger charge is -2.06. The first kappa shape index (κ1) is 14.7.